The van der Waals surface area contributed by atoms with Gasteiger partial charge in [-0.1, -0.05) is 6.07 Å². The van der Waals surface area contributed by atoms with E-state index in [0.29, 0.717) is 12.4 Å². The van der Waals surface area contributed by atoms with Crippen molar-refractivity contribution >= 4 is 17.3 Å². The van der Waals surface area contributed by atoms with E-state index in [1.165, 1.54) is 9.75 Å². The number of rotatable bonds is 6. The first-order valence-corrected chi connectivity index (χ1v) is 8.09. The number of pyridine rings is 1. The van der Waals surface area contributed by atoms with Crippen molar-refractivity contribution in [2.24, 2.45) is 4.99 Å². The second-order valence-corrected chi connectivity index (χ2v) is 6.14. The van der Waals surface area contributed by atoms with Crippen molar-refractivity contribution in [1.82, 2.24) is 15.6 Å². The molecule has 5 nitrogen and oxygen atoms in total. The van der Waals surface area contributed by atoms with Crippen molar-refractivity contribution in [3.8, 4) is 5.88 Å². The molecule has 118 valence electrons. The number of thiophene rings is 1. The fourth-order valence-electron chi connectivity index (χ4n) is 1.89. The van der Waals surface area contributed by atoms with Crippen LogP contribution in [0.4, 0.5) is 0 Å². The van der Waals surface area contributed by atoms with Crippen molar-refractivity contribution < 1.29 is 4.74 Å². The second kappa shape index (κ2) is 8.38. The van der Waals surface area contributed by atoms with Crippen LogP contribution in [0.3, 0.4) is 0 Å². The third-order valence-electron chi connectivity index (χ3n) is 3.00. The lowest BCUT2D eigenvalue weighted by Gasteiger charge is -2.10. The van der Waals surface area contributed by atoms with Gasteiger partial charge in [0.2, 0.25) is 5.88 Å². The van der Waals surface area contributed by atoms with Gasteiger partial charge in [0.1, 0.15) is 0 Å². The Morgan fingerprint density at radius 3 is 2.73 bits per heavy atom. The zero-order valence-corrected chi connectivity index (χ0v) is 14.0. The molecule has 2 aromatic heterocycles. The molecule has 2 heterocycles. The van der Waals surface area contributed by atoms with Crippen LogP contribution in [0.5, 0.6) is 5.88 Å². The third kappa shape index (κ3) is 5.04. The summed E-state index contributed by atoms with van der Waals surface area (Å²) >= 11 is 1.80. The van der Waals surface area contributed by atoms with Crippen LogP contribution >= 0.6 is 11.3 Å². The van der Waals surface area contributed by atoms with Gasteiger partial charge in [-0.05, 0) is 31.5 Å². The van der Waals surface area contributed by atoms with Crippen LogP contribution in [0.15, 0.2) is 35.5 Å². The maximum absolute atomic E-state index is 5.05. The Morgan fingerprint density at radius 1 is 1.27 bits per heavy atom. The SMILES string of the molecule is CCNC(=NCc1ccc(OC)nc1)NCc1ccc(C)s1. The molecule has 22 heavy (non-hydrogen) atoms. The van der Waals surface area contributed by atoms with Crippen LogP contribution in [-0.2, 0) is 13.1 Å². The van der Waals surface area contributed by atoms with E-state index in [0.717, 1.165) is 24.6 Å². The quantitative estimate of drug-likeness (QED) is 0.635. The summed E-state index contributed by atoms with van der Waals surface area (Å²) < 4.78 is 5.05. The Morgan fingerprint density at radius 2 is 2.14 bits per heavy atom. The van der Waals surface area contributed by atoms with E-state index in [4.69, 9.17) is 4.74 Å². The highest BCUT2D eigenvalue weighted by molar-refractivity contribution is 7.11. The van der Waals surface area contributed by atoms with Gasteiger partial charge < -0.3 is 15.4 Å². The number of ether oxygens (including phenoxy) is 1. The monoisotopic (exact) mass is 318 g/mol. The molecule has 2 aromatic rings. The van der Waals surface area contributed by atoms with E-state index in [2.05, 4.69) is 46.6 Å². The zero-order valence-electron chi connectivity index (χ0n) is 13.2. The molecule has 0 spiro atoms. The van der Waals surface area contributed by atoms with E-state index < -0.39 is 0 Å². The van der Waals surface area contributed by atoms with Crippen LogP contribution in [0.1, 0.15) is 22.2 Å². The summed E-state index contributed by atoms with van der Waals surface area (Å²) in [4.78, 5) is 11.4. The topological polar surface area (TPSA) is 58.5 Å². The second-order valence-electron chi connectivity index (χ2n) is 4.77. The molecule has 0 amide bonds. The number of nitrogens with one attached hydrogen (secondary N) is 2. The van der Waals surface area contributed by atoms with E-state index in [9.17, 15) is 0 Å². The van der Waals surface area contributed by atoms with Gasteiger partial charge in [-0.3, -0.25) is 0 Å². The number of nitrogens with zero attached hydrogens (tertiary/aromatic N) is 2. The number of hydrogen-bond donors (Lipinski definition) is 2. The molecule has 0 fully saturated rings. The first-order chi connectivity index (χ1) is 10.7. The van der Waals surface area contributed by atoms with Crippen LogP contribution < -0.4 is 15.4 Å². The van der Waals surface area contributed by atoms with Crippen molar-refractivity contribution in [2.75, 3.05) is 13.7 Å². The standard InChI is InChI=1S/C16H22N4OS/c1-4-17-16(20-11-14-7-5-12(2)22-14)19-10-13-6-8-15(21-3)18-9-13/h5-9H,4,10-11H2,1-3H3,(H2,17,19,20). The summed E-state index contributed by atoms with van der Waals surface area (Å²) in [5.41, 5.74) is 1.05. The van der Waals surface area contributed by atoms with Gasteiger partial charge in [-0.15, -0.1) is 11.3 Å². The molecule has 2 N–H and O–H groups in total. The normalized spacial score (nSPS) is 11.3. The first-order valence-electron chi connectivity index (χ1n) is 7.27. The van der Waals surface area contributed by atoms with Crippen molar-refractivity contribution in [3.05, 3.63) is 45.8 Å². The van der Waals surface area contributed by atoms with Crippen molar-refractivity contribution in [1.29, 1.82) is 0 Å². The van der Waals surface area contributed by atoms with Gasteiger partial charge in [0.25, 0.3) is 0 Å². The smallest absolute Gasteiger partial charge is 0.212 e. The first kappa shape index (κ1) is 16.3. The summed E-state index contributed by atoms with van der Waals surface area (Å²) in [6, 6.07) is 8.10. The summed E-state index contributed by atoms with van der Waals surface area (Å²) in [6.45, 7) is 6.36. The van der Waals surface area contributed by atoms with Gasteiger partial charge >= 0.3 is 0 Å². The third-order valence-corrected chi connectivity index (χ3v) is 4.00. The molecular formula is C16H22N4OS. The molecule has 0 radical (unpaired) electrons. The van der Waals surface area contributed by atoms with E-state index in [1.54, 1.807) is 24.6 Å². The minimum atomic E-state index is 0.579. The number of aromatic nitrogens is 1. The number of hydrogen-bond acceptors (Lipinski definition) is 4. The van der Waals surface area contributed by atoms with Crippen LogP contribution in [0.2, 0.25) is 0 Å². The summed E-state index contributed by atoms with van der Waals surface area (Å²) in [5.74, 6) is 1.43. The summed E-state index contributed by atoms with van der Waals surface area (Å²) in [6.07, 6.45) is 1.79. The fourth-order valence-corrected chi connectivity index (χ4v) is 2.72. The van der Waals surface area contributed by atoms with Gasteiger partial charge in [-0.2, -0.15) is 0 Å². The van der Waals surface area contributed by atoms with Gasteiger partial charge in [0.05, 0.1) is 20.2 Å². The highest BCUT2D eigenvalue weighted by atomic mass is 32.1. The Bertz CT molecular complexity index is 607. The molecule has 0 aliphatic carbocycles. The Hall–Kier alpha value is -2.08. The Kier molecular flexibility index (Phi) is 6.21. The van der Waals surface area contributed by atoms with Crippen LogP contribution in [0.25, 0.3) is 0 Å². The molecule has 0 aliphatic heterocycles. The molecule has 0 atom stereocenters. The summed E-state index contributed by atoms with van der Waals surface area (Å²) in [5, 5.41) is 6.60. The number of guanidine groups is 1. The largest absolute Gasteiger partial charge is 0.481 e. The molecule has 0 unspecified atom stereocenters. The maximum atomic E-state index is 5.05. The predicted octanol–water partition coefficient (Wildman–Crippen LogP) is 2.72. The van der Waals surface area contributed by atoms with Crippen molar-refractivity contribution in [3.63, 3.8) is 0 Å². The molecular weight excluding hydrogens is 296 g/mol. The number of methoxy groups -OCH3 is 1. The Balaban J connectivity index is 1.93. The molecule has 0 bridgehead atoms. The molecule has 0 aromatic carbocycles. The lowest BCUT2D eigenvalue weighted by atomic mass is 10.3. The number of aryl methyl sites for hydroxylation is 1. The summed E-state index contributed by atoms with van der Waals surface area (Å²) in [7, 11) is 1.61. The molecule has 2 rings (SSSR count). The van der Waals surface area contributed by atoms with Crippen LogP contribution in [-0.4, -0.2) is 24.6 Å². The zero-order chi connectivity index (χ0) is 15.8. The molecule has 0 saturated carbocycles. The predicted molar refractivity (Wildman–Crippen MR) is 91.5 cm³/mol. The highest BCUT2D eigenvalue weighted by Gasteiger charge is 2.01. The maximum Gasteiger partial charge on any atom is 0.212 e. The minimum absolute atomic E-state index is 0.579. The van der Waals surface area contributed by atoms with E-state index in [-0.39, 0.29) is 0 Å². The van der Waals surface area contributed by atoms with Crippen LogP contribution in [0, 0.1) is 6.92 Å². The Labute approximate surface area is 135 Å². The fraction of sp³-hybridized carbons (Fsp3) is 0.375. The minimum Gasteiger partial charge on any atom is -0.481 e. The van der Waals surface area contributed by atoms with E-state index >= 15 is 0 Å². The average Bonchev–Trinajstić information content (AvgIpc) is 2.96. The van der Waals surface area contributed by atoms with Gasteiger partial charge in [0, 0.05) is 28.6 Å². The van der Waals surface area contributed by atoms with Gasteiger partial charge in [0.15, 0.2) is 5.96 Å². The molecule has 0 aliphatic rings. The lowest BCUT2D eigenvalue weighted by molar-refractivity contribution is 0.397. The van der Waals surface area contributed by atoms with Crippen molar-refractivity contribution in [2.45, 2.75) is 26.9 Å². The molecule has 6 heteroatoms. The average molecular weight is 318 g/mol. The number of aliphatic imine (C=N–C) groups is 1. The van der Waals surface area contributed by atoms with Gasteiger partial charge in [-0.25, -0.2) is 9.98 Å². The highest BCUT2D eigenvalue weighted by Crippen LogP contribution is 2.14. The molecule has 0 saturated heterocycles. The van der Waals surface area contributed by atoms with E-state index in [1.807, 2.05) is 12.1 Å². The lowest BCUT2D eigenvalue weighted by Crippen LogP contribution is -2.36.